The van der Waals surface area contributed by atoms with Crippen LogP contribution in [0.25, 0.3) is 0 Å². The number of benzene rings is 2. The molecule has 2 heterocycles. The van der Waals surface area contributed by atoms with Gasteiger partial charge in [-0.1, -0.05) is 25.0 Å². The van der Waals surface area contributed by atoms with Crippen LogP contribution in [0.2, 0.25) is 0 Å². The SMILES string of the molecule is Nc1cccc2c1C(=O)N(C(=O)c1cccc(S(=O)(=O)N3CCCCCC3)c1)C2=O. The van der Waals surface area contributed by atoms with Crippen molar-refractivity contribution in [3.8, 4) is 0 Å². The van der Waals surface area contributed by atoms with Crippen LogP contribution in [0.4, 0.5) is 5.69 Å². The third kappa shape index (κ3) is 3.29. The van der Waals surface area contributed by atoms with Crippen LogP contribution in [0.3, 0.4) is 0 Å². The van der Waals surface area contributed by atoms with E-state index in [0.29, 0.717) is 18.0 Å². The molecule has 0 aromatic heterocycles. The molecule has 0 saturated carbocycles. The van der Waals surface area contributed by atoms with E-state index >= 15 is 0 Å². The van der Waals surface area contributed by atoms with E-state index in [1.165, 1.54) is 46.8 Å². The molecule has 2 aliphatic rings. The fraction of sp³-hybridized carbons (Fsp3) is 0.286. The number of sulfonamides is 1. The van der Waals surface area contributed by atoms with E-state index in [1.54, 1.807) is 0 Å². The highest BCUT2D eigenvalue weighted by Crippen LogP contribution is 2.29. The van der Waals surface area contributed by atoms with E-state index in [0.717, 1.165) is 25.7 Å². The molecule has 0 bridgehead atoms. The van der Waals surface area contributed by atoms with Crippen molar-refractivity contribution >= 4 is 33.4 Å². The molecule has 8 nitrogen and oxygen atoms in total. The predicted molar refractivity (Wildman–Crippen MR) is 109 cm³/mol. The van der Waals surface area contributed by atoms with Crippen LogP contribution in [0, 0.1) is 0 Å². The summed E-state index contributed by atoms with van der Waals surface area (Å²) in [7, 11) is -3.78. The van der Waals surface area contributed by atoms with Gasteiger partial charge < -0.3 is 5.73 Å². The van der Waals surface area contributed by atoms with Gasteiger partial charge in [-0.3, -0.25) is 14.4 Å². The summed E-state index contributed by atoms with van der Waals surface area (Å²) in [5, 5.41) is 0. The van der Waals surface area contributed by atoms with E-state index in [1.807, 2.05) is 0 Å². The highest BCUT2D eigenvalue weighted by Gasteiger charge is 2.41. The lowest BCUT2D eigenvalue weighted by Gasteiger charge is -2.20. The number of anilines is 1. The Bertz CT molecular complexity index is 1150. The fourth-order valence-corrected chi connectivity index (χ4v) is 5.41. The molecule has 2 aliphatic heterocycles. The quantitative estimate of drug-likeness (QED) is 0.593. The van der Waals surface area contributed by atoms with E-state index in [2.05, 4.69) is 0 Å². The Hall–Kier alpha value is -3.04. The average molecular weight is 427 g/mol. The number of carbonyl (C=O) groups excluding carboxylic acids is 3. The monoisotopic (exact) mass is 427 g/mol. The van der Waals surface area contributed by atoms with E-state index < -0.39 is 27.7 Å². The highest BCUT2D eigenvalue weighted by molar-refractivity contribution is 7.89. The van der Waals surface area contributed by atoms with Gasteiger partial charge in [-0.05, 0) is 43.2 Å². The molecule has 156 valence electrons. The molecular weight excluding hydrogens is 406 g/mol. The van der Waals surface area contributed by atoms with Crippen LogP contribution in [0.1, 0.15) is 56.8 Å². The van der Waals surface area contributed by atoms with Crippen LogP contribution in [-0.2, 0) is 10.0 Å². The molecule has 0 aliphatic carbocycles. The summed E-state index contributed by atoms with van der Waals surface area (Å²) in [4.78, 5) is 38.8. The van der Waals surface area contributed by atoms with Gasteiger partial charge in [0.05, 0.1) is 16.0 Å². The summed E-state index contributed by atoms with van der Waals surface area (Å²) < 4.78 is 27.5. The minimum absolute atomic E-state index is 0.0100. The zero-order valence-corrected chi connectivity index (χ0v) is 17.0. The lowest BCUT2D eigenvalue weighted by Crippen LogP contribution is -2.36. The molecule has 30 heavy (non-hydrogen) atoms. The van der Waals surface area contributed by atoms with Crippen molar-refractivity contribution in [2.75, 3.05) is 18.8 Å². The van der Waals surface area contributed by atoms with Crippen molar-refractivity contribution in [2.45, 2.75) is 30.6 Å². The maximum atomic E-state index is 13.0. The Morgan fingerprint density at radius 2 is 1.57 bits per heavy atom. The molecule has 9 heteroatoms. The molecule has 4 rings (SSSR count). The van der Waals surface area contributed by atoms with Gasteiger partial charge in [0.2, 0.25) is 10.0 Å². The lowest BCUT2D eigenvalue weighted by atomic mass is 10.1. The molecule has 3 amide bonds. The predicted octanol–water partition coefficient (Wildman–Crippen LogP) is 2.27. The first-order chi connectivity index (χ1) is 14.3. The number of amides is 3. The first kappa shape index (κ1) is 20.2. The number of fused-ring (bicyclic) bond motifs is 1. The topological polar surface area (TPSA) is 118 Å². The zero-order chi connectivity index (χ0) is 21.5. The van der Waals surface area contributed by atoms with Gasteiger partial charge in [0.1, 0.15) is 0 Å². The first-order valence-electron chi connectivity index (χ1n) is 9.74. The van der Waals surface area contributed by atoms with Crippen molar-refractivity contribution in [3.63, 3.8) is 0 Å². The summed E-state index contributed by atoms with van der Waals surface area (Å²) in [5.74, 6) is -2.46. The Kier molecular flexibility index (Phi) is 5.17. The molecule has 2 aromatic rings. The third-order valence-corrected chi connectivity index (χ3v) is 7.33. The standard InChI is InChI=1S/C21H21N3O5S/c22-17-10-6-9-16-18(17)21(27)24(20(16)26)19(25)14-7-5-8-15(13-14)30(28,29)23-11-3-1-2-4-12-23/h5-10,13H,1-4,11-12,22H2. The molecule has 0 radical (unpaired) electrons. The fourth-order valence-electron chi connectivity index (χ4n) is 3.85. The van der Waals surface area contributed by atoms with Gasteiger partial charge in [0.25, 0.3) is 17.7 Å². The maximum Gasteiger partial charge on any atom is 0.270 e. The summed E-state index contributed by atoms with van der Waals surface area (Å²) >= 11 is 0. The van der Waals surface area contributed by atoms with Crippen LogP contribution < -0.4 is 5.73 Å². The van der Waals surface area contributed by atoms with Gasteiger partial charge >= 0.3 is 0 Å². The molecule has 0 atom stereocenters. The minimum Gasteiger partial charge on any atom is -0.398 e. The van der Waals surface area contributed by atoms with Crippen molar-refractivity contribution in [2.24, 2.45) is 0 Å². The molecule has 0 spiro atoms. The van der Waals surface area contributed by atoms with Crippen LogP contribution in [-0.4, -0.2) is 48.4 Å². The van der Waals surface area contributed by atoms with Crippen LogP contribution >= 0.6 is 0 Å². The molecule has 1 saturated heterocycles. The summed E-state index contributed by atoms with van der Waals surface area (Å²) in [6, 6.07) is 9.89. The zero-order valence-electron chi connectivity index (χ0n) is 16.2. The smallest absolute Gasteiger partial charge is 0.270 e. The van der Waals surface area contributed by atoms with Gasteiger partial charge in [0, 0.05) is 24.3 Å². The normalized spacial score (nSPS) is 17.7. The van der Waals surface area contributed by atoms with E-state index in [9.17, 15) is 22.8 Å². The van der Waals surface area contributed by atoms with Crippen LogP contribution in [0.5, 0.6) is 0 Å². The van der Waals surface area contributed by atoms with Gasteiger partial charge in [-0.25, -0.2) is 13.3 Å². The Labute approximate surface area is 174 Å². The van der Waals surface area contributed by atoms with Gasteiger partial charge in [-0.15, -0.1) is 0 Å². The maximum absolute atomic E-state index is 13.0. The second kappa shape index (κ2) is 7.66. The summed E-state index contributed by atoms with van der Waals surface area (Å²) in [6.45, 7) is 0.858. The number of imide groups is 3. The number of nitrogen functional groups attached to an aromatic ring is 1. The summed E-state index contributed by atoms with van der Waals surface area (Å²) in [6.07, 6.45) is 3.53. The van der Waals surface area contributed by atoms with Crippen molar-refractivity contribution in [1.82, 2.24) is 9.21 Å². The second-order valence-corrected chi connectivity index (χ2v) is 9.30. The van der Waals surface area contributed by atoms with Gasteiger partial charge in [0.15, 0.2) is 0 Å². The van der Waals surface area contributed by atoms with E-state index in [4.69, 9.17) is 5.73 Å². The van der Waals surface area contributed by atoms with Crippen LogP contribution in [0.15, 0.2) is 47.4 Å². The Morgan fingerprint density at radius 1 is 0.900 bits per heavy atom. The lowest BCUT2D eigenvalue weighted by molar-refractivity contribution is 0.0566. The number of nitrogens with zero attached hydrogens (tertiary/aromatic N) is 2. The average Bonchev–Trinajstić information content (AvgIpc) is 2.92. The first-order valence-corrected chi connectivity index (χ1v) is 11.2. The number of hydrogen-bond acceptors (Lipinski definition) is 6. The molecule has 0 unspecified atom stereocenters. The number of carbonyl (C=O) groups is 3. The summed E-state index contributed by atoms with van der Waals surface area (Å²) in [5.41, 5.74) is 5.91. The molecule has 2 aromatic carbocycles. The Balaban J connectivity index is 1.66. The number of nitrogens with two attached hydrogens (primary N) is 1. The Morgan fingerprint density at radius 3 is 2.23 bits per heavy atom. The number of hydrogen-bond donors (Lipinski definition) is 1. The largest absolute Gasteiger partial charge is 0.398 e. The molecule has 1 fully saturated rings. The highest BCUT2D eigenvalue weighted by atomic mass is 32.2. The minimum atomic E-state index is -3.78. The van der Waals surface area contributed by atoms with Crippen molar-refractivity contribution < 1.29 is 22.8 Å². The second-order valence-electron chi connectivity index (χ2n) is 7.37. The number of rotatable bonds is 3. The van der Waals surface area contributed by atoms with Crippen molar-refractivity contribution in [3.05, 3.63) is 59.2 Å². The van der Waals surface area contributed by atoms with Gasteiger partial charge in [-0.2, -0.15) is 4.31 Å². The third-order valence-electron chi connectivity index (χ3n) is 5.43. The van der Waals surface area contributed by atoms with E-state index in [-0.39, 0.29) is 27.3 Å². The van der Waals surface area contributed by atoms with Crippen molar-refractivity contribution in [1.29, 1.82) is 0 Å². The molecule has 2 N–H and O–H groups in total. The molecular formula is C21H21N3O5S.